The van der Waals surface area contributed by atoms with Crippen LogP contribution in [-0.4, -0.2) is 66.0 Å². The van der Waals surface area contributed by atoms with Crippen LogP contribution in [-0.2, 0) is 9.59 Å². The van der Waals surface area contributed by atoms with Gasteiger partial charge < -0.3 is 20.2 Å². The minimum absolute atomic E-state index is 0.121. The molecule has 3 amide bonds. The van der Waals surface area contributed by atoms with Crippen molar-refractivity contribution in [1.82, 2.24) is 15.1 Å². The highest BCUT2D eigenvalue weighted by Gasteiger charge is 2.14. The largest absolute Gasteiger partial charge is 0.480 e. The molecule has 0 aromatic rings. The Balaban J connectivity index is 4.06. The van der Waals surface area contributed by atoms with E-state index in [-0.39, 0.29) is 12.5 Å². The molecule has 0 saturated carbocycles. The monoisotopic (exact) mass is 245 g/mol. The smallest absolute Gasteiger partial charge is 0.323 e. The van der Waals surface area contributed by atoms with Crippen molar-refractivity contribution in [1.29, 1.82) is 0 Å². The van der Waals surface area contributed by atoms with Gasteiger partial charge in [-0.2, -0.15) is 0 Å². The number of amides is 3. The van der Waals surface area contributed by atoms with E-state index in [1.165, 1.54) is 7.05 Å². The molecule has 0 atom stereocenters. The highest BCUT2D eigenvalue weighted by atomic mass is 16.4. The molecule has 0 heterocycles. The second-order valence-electron chi connectivity index (χ2n) is 3.47. The molecule has 0 rings (SSSR count). The molecule has 0 saturated heterocycles. The Labute approximate surface area is 100 Å². The number of urea groups is 1. The number of carbonyl (C=O) groups excluding carboxylic acids is 2. The van der Waals surface area contributed by atoms with Gasteiger partial charge in [0.15, 0.2) is 0 Å². The summed E-state index contributed by atoms with van der Waals surface area (Å²) >= 11 is 0. The molecule has 0 aliphatic carbocycles. The first-order chi connectivity index (χ1) is 7.92. The fourth-order valence-electron chi connectivity index (χ4n) is 1.25. The summed E-state index contributed by atoms with van der Waals surface area (Å²) in [5.74, 6) is -1.29. The van der Waals surface area contributed by atoms with Crippen molar-refractivity contribution >= 4 is 17.9 Å². The number of aliphatic carboxylic acids is 1. The SMILES string of the molecule is CCN(CC)C(=O)CNC(=O)N(C)CC(=O)O. The minimum atomic E-state index is -1.10. The standard InChI is InChI=1S/C10H19N3O4/c1-4-13(5-2)8(14)6-11-10(17)12(3)7-9(15)16/h4-7H2,1-3H3,(H,11,17)(H,15,16). The maximum atomic E-state index is 11.5. The number of likely N-dealkylation sites (N-methyl/N-ethyl adjacent to an activating group) is 2. The Hall–Kier alpha value is -1.79. The number of nitrogens with zero attached hydrogens (tertiary/aromatic N) is 2. The maximum absolute atomic E-state index is 11.5. The number of hydrogen-bond acceptors (Lipinski definition) is 3. The van der Waals surface area contributed by atoms with Crippen LogP contribution in [0.4, 0.5) is 4.79 Å². The van der Waals surface area contributed by atoms with Crippen molar-refractivity contribution in [3.8, 4) is 0 Å². The topological polar surface area (TPSA) is 90.0 Å². The van der Waals surface area contributed by atoms with Gasteiger partial charge in [0.25, 0.3) is 0 Å². The van der Waals surface area contributed by atoms with Crippen LogP contribution >= 0.6 is 0 Å². The van der Waals surface area contributed by atoms with E-state index in [4.69, 9.17) is 5.11 Å². The Morgan fingerprint density at radius 1 is 1.18 bits per heavy atom. The van der Waals surface area contributed by atoms with Crippen molar-refractivity contribution in [3.05, 3.63) is 0 Å². The van der Waals surface area contributed by atoms with Gasteiger partial charge in [-0.05, 0) is 13.8 Å². The summed E-state index contributed by atoms with van der Waals surface area (Å²) in [4.78, 5) is 35.8. The van der Waals surface area contributed by atoms with Gasteiger partial charge >= 0.3 is 12.0 Å². The Kier molecular flexibility index (Phi) is 6.69. The third-order valence-electron chi connectivity index (χ3n) is 2.23. The second kappa shape index (κ2) is 7.48. The van der Waals surface area contributed by atoms with E-state index in [1.807, 2.05) is 13.8 Å². The van der Waals surface area contributed by atoms with E-state index in [9.17, 15) is 14.4 Å². The van der Waals surface area contributed by atoms with Gasteiger partial charge in [-0.15, -0.1) is 0 Å². The normalized spacial score (nSPS) is 9.59. The maximum Gasteiger partial charge on any atom is 0.323 e. The van der Waals surface area contributed by atoms with E-state index >= 15 is 0 Å². The average molecular weight is 245 g/mol. The molecule has 98 valence electrons. The summed E-state index contributed by atoms with van der Waals surface area (Å²) in [5, 5.41) is 10.8. The number of nitrogens with one attached hydrogen (secondary N) is 1. The highest BCUT2D eigenvalue weighted by Crippen LogP contribution is 1.89. The zero-order valence-electron chi connectivity index (χ0n) is 10.4. The molecule has 0 unspecified atom stereocenters. The first-order valence-corrected chi connectivity index (χ1v) is 5.40. The summed E-state index contributed by atoms with van der Waals surface area (Å²) in [6.45, 7) is 4.33. The van der Waals surface area contributed by atoms with Gasteiger partial charge in [0.05, 0.1) is 6.54 Å². The van der Waals surface area contributed by atoms with Crippen LogP contribution in [0, 0.1) is 0 Å². The van der Waals surface area contributed by atoms with Crippen molar-refractivity contribution in [3.63, 3.8) is 0 Å². The summed E-state index contributed by atoms with van der Waals surface area (Å²) < 4.78 is 0. The Morgan fingerprint density at radius 2 is 1.71 bits per heavy atom. The third-order valence-corrected chi connectivity index (χ3v) is 2.23. The molecule has 0 aromatic carbocycles. The number of hydrogen-bond donors (Lipinski definition) is 2. The lowest BCUT2D eigenvalue weighted by molar-refractivity contribution is -0.137. The fraction of sp³-hybridized carbons (Fsp3) is 0.700. The fourth-order valence-corrected chi connectivity index (χ4v) is 1.25. The number of rotatable bonds is 6. The number of carboxylic acids is 1. The molecule has 0 bridgehead atoms. The van der Waals surface area contributed by atoms with Crippen LogP contribution in [0.5, 0.6) is 0 Å². The van der Waals surface area contributed by atoms with Gasteiger partial charge in [0.1, 0.15) is 6.54 Å². The Morgan fingerprint density at radius 3 is 2.12 bits per heavy atom. The molecular formula is C10H19N3O4. The molecule has 0 fully saturated rings. The van der Waals surface area contributed by atoms with Crippen LogP contribution in [0.2, 0.25) is 0 Å². The Bertz CT molecular complexity index is 289. The summed E-state index contributed by atoms with van der Waals surface area (Å²) in [6.07, 6.45) is 0. The first-order valence-electron chi connectivity index (χ1n) is 5.40. The lowest BCUT2D eigenvalue weighted by Gasteiger charge is -2.20. The first kappa shape index (κ1) is 15.2. The predicted octanol–water partition coefficient (Wildman–Crippen LogP) is -0.419. The van der Waals surface area contributed by atoms with Gasteiger partial charge in [-0.1, -0.05) is 0 Å². The lowest BCUT2D eigenvalue weighted by Crippen LogP contribution is -2.45. The van der Waals surface area contributed by atoms with E-state index in [2.05, 4.69) is 5.32 Å². The zero-order valence-corrected chi connectivity index (χ0v) is 10.4. The number of carboxylic acid groups (broad SMARTS) is 1. The third kappa shape index (κ3) is 5.74. The van der Waals surface area contributed by atoms with Gasteiger partial charge in [-0.25, -0.2) is 4.79 Å². The second-order valence-corrected chi connectivity index (χ2v) is 3.47. The molecule has 0 aliphatic heterocycles. The van der Waals surface area contributed by atoms with Crippen LogP contribution in [0.3, 0.4) is 0 Å². The molecule has 17 heavy (non-hydrogen) atoms. The van der Waals surface area contributed by atoms with Crippen molar-refractivity contribution < 1.29 is 19.5 Å². The molecule has 0 aliphatic rings. The molecule has 7 heteroatoms. The van der Waals surface area contributed by atoms with E-state index in [0.717, 1.165) is 4.90 Å². The van der Waals surface area contributed by atoms with Gasteiger partial charge in [-0.3, -0.25) is 9.59 Å². The average Bonchev–Trinajstić information content (AvgIpc) is 2.26. The van der Waals surface area contributed by atoms with E-state index in [0.29, 0.717) is 13.1 Å². The molecule has 0 spiro atoms. The molecule has 2 N–H and O–H groups in total. The molecule has 0 radical (unpaired) electrons. The van der Waals surface area contributed by atoms with Crippen LogP contribution in [0.25, 0.3) is 0 Å². The van der Waals surface area contributed by atoms with Gasteiger partial charge in [0, 0.05) is 20.1 Å². The summed E-state index contributed by atoms with van der Waals surface area (Å²) in [6, 6.07) is -0.576. The zero-order chi connectivity index (χ0) is 13.4. The van der Waals surface area contributed by atoms with Crippen LogP contribution in [0.15, 0.2) is 0 Å². The molecule has 0 aromatic heterocycles. The molecular weight excluding hydrogens is 226 g/mol. The van der Waals surface area contributed by atoms with Crippen molar-refractivity contribution in [2.45, 2.75) is 13.8 Å². The van der Waals surface area contributed by atoms with Crippen molar-refractivity contribution in [2.24, 2.45) is 0 Å². The van der Waals surface area contributed by atoms with Crippen LogP contribution in [0.1, 0.15) is 13.8 Å². The van der Waals surface area contributed by atoms with E-state index in [1.54, 1.807) is 4.90 Å². The van der Waals surface area contributed by atoms with Gasteiger partial charge in [0.2, 0.25) is 5.91 Å². The van der Waals surface area contributed by atoms with Crippen LogP contribution < -0.4 is 5.32 Å². The predicted molar refractivity (Wildman–Crippen MR) is 61.6 cm³/mol. The van der Waals surface area contributed by atoms with Crippen molar-refractivity contribution in [2.75, 3.05) is 33.2 Å². The quantitative estimate of drug-likeness (QED) is 0.665. The molecule has 7 nitrogen and oxygen atoms in total. The minimum Gasteiger partial charge on any atom is -0.480 e. The lowest BCUT2D eigenvalue weighted by atomic mass is 10.4. The van der Waals surface area contributed by atoms with E-state index < -0.39 is 18.5 Å². The highest BCUT2D eigenvalue weighted by molar-refractivity contribution is 5.85. The number of carbonyl (C=O) groups is 3. The summed E-state index contributed by atoms with van der Waals surface area (Å²) in [7, 11) is 1.35. The summed E-state index contributed by atoms with van der Waals surface area (Å²) in [5.41, 5.74) is 0.